The molecule has 202 valence electrons. The van der Waals surface area contributed by atoms with Gasteiger partial charge in [0.25, 0.3) is 0 Å². The number of para-hydroxylation sites is 1. The second-order valence-corrected chi connectivity index (χ2v) is 11.9. The van der Waals surface area contributed by atoms with Gasteiger partial charge in [-0.1, -0.05) is 76.9 Å². The topological polar surface area (TPSA) is 108 Å². The van der Waals surface area contributed by atoms with Gasteiger partial charge in [-0.15, -0.1) is 0 Å². The Morgan fingerprint density at radius 1 is 1.21 bits per heavy atom. The first-order chi connectivity index (χ1) is 18.2. The van der Waals surface area contributed by atoms with Crippen LogP contribution >= 0.6 is 27.5 Å². The highest BCUT2D eigenvalue weighted by Gasteiger charge is 2.77. The summed E-state index contributed by atoms with van der Waals surface area (Å²) in [4.78, 5) is 42.8. The molecule has 3 aliphatic rings. The van der Waals surface area contributed by atoms with E-state index in [4.69, 9.17) is 16.3 Å². The predicted molar refractivity (Wildman–Crippen MR) is 147 cm³/mol. The molecule has 3 saturated heterocycles. The lowest BCUT2D eigenvalue weighted by Gasteiger charge is -2.36. The van der Waals surface area contributed by atoms with Crippen molar-refractivity contribution in [2.75, 3.05) is 11.9 Å². The summed E-state index contributed by atoms with van der Waals surface area (Å²) in [5.74, 6) is -2.70. The second-order valence-electron chi connectivity index (χ2n) is 10.3. The van der Waals surface area contributed by atoms with Crippen molar-refractivity contribution in [2.24, 2.45) is 11.8 Å². The molecular formula is C28H31BrClN3O5. The monoisotopic (exact) mass is 603 g/mol. The SMILES string of the molecule is CC[C@@H](CO)N1C(=O)[C@@H]2[C@@H](C(=O)NCc3ccccc3)[C@@H]3OC2(CC3Br)C1C(=O)Nc1c(C)cccc1Cl. The minimum absolute atomic E-state index is 0.217. The molecule has 1 spiro atoms. The van der Waals surface area contributed by atoms with Gasteiger partial charge < -0.3 is 25.4 Å². The molecule has 3 unspecified atom stereocenters. The summed E-state index contributed by atoms with van der Waals surface area (Å²) >= 11 is 10.1. The van der Waals surface area contributed by atoms with Crippen LogP contribution in [0.15, 0.2) is 48.5 Å². The number of nitrogens with one attached hydrogen (secondary N) is 2. The third-order valence-corrected chi connectivity index (χ3v) is 9.29. The van der Waals surface area contributed by atoms with Crippen molar-refractivity contribution >= 4 is 50.9 Å². The van der Waals surface area contributed by atoms with Gasteiger partial charge in [0.05, 0.1) is 41.3 Å². The van der Waals surface area contributed by atoms with Crippen molar-refractivity contribution in [3.05, 3.63) is 64.7 Å². The van der Waals surface area contributed by atoms with E-state index in [-0.39, 0.29) is 23.2 Å². The number of aliphatic hydroxyl groups excluding tert-OH is 1. The van der Waals surface area contributed by atoms with Gasteiger partial charge in [0.2, 0.25) is 17.7 Å². The minimum atomic E-state index is -1.22. The van der Waals surface area contributed by atoms with E-state index in [1.54, 1.807) is 12.1 Å². The van der Waals surface area contributed by atoms with Crippen molar-refractivity contribution in [3.63, 3.8) is 0 Å². The number of halogens is 2. The second kappa shape index (κ2) is 10.6. The molecule has 38 heavy (non-hydrogen) atoms. The number of hydrogen-bond acceptors (Lipinski definition) is 5. The highest BCUT2D eigenvalue weighted by molar-refractivity contribution is 9.09. The number of benzene rings is 2. The number of ether oxygens (including phenoxy) is 1. The molecule has 5 rings (SSSR count). The lowest BCUT2D eigenvalue weighted by atomic mass is 9.70. The molecule has 10 heteroatoms. The Bertz CT molecular complexity index is 1220. The van der Waals surface area contributed by atoms with E-state index in [0.717, 1.165) is 11.1 Å². The molecule has 0 aliphatic carbocycles. The van der Waals surface area contributed by atoms with Crippen LogP contribution in [0.3, 0.4) is 0 Å². The number of likely N-dealkylation sites (tertiary alicyclic amines) is 1. The van der Waals surface area contributed by atoms with Gasteiger partial charge in [-0.3, -0.25) is 14.4 Å². The van der Waals surface area contributed by atoms with Gasteiger partial charge in [-0.2, -0.15) is 0 Å². The van der Waals surface area contributed by atoms with E-state index in [1.165, 1.54) is 4.90 Å². The quantitative estimate of drug-likeness (QED) is 0.401. The van der Waals surface area contributed by atoms with E-state index in [1.807, 2.05) is 50.2 Å². The van der Waals surface area contributed by atoms with E-state index < -0.39 is 41.5 Å². The first kappa shape index (κ1) is 27.1. The molecule has 8 nitrogen and oxygen atoms in total. The summed E-state index contributed by atoms with van der Waals surface area (Å²) < 4.78 is 6.51. The first-order valence-electron chi connectivity index (χ1n) is 12.9. The van der Waals surface area contributed by atoms with Crippen LogP contribution in [-0.4, -0.2) is 63.0 Å². The van der Waals surface area contributed by atoms with E-state index in [0.29, 0.717) is 30.1 Å². The fraction of sp³-hybridized carbons (Fsp3) is 0.464. The predicted octanol–water partition coefficient (Wildman–Crippen LogP) is 3.42. The van der Waals surface area contributed by atoms with Crippen LogP contribution in [-0.2, 0) is 25.7 Å². The number of aryl methyl sites for hydroxylation is 1. The van der Waals surface area contributed by atoms with Gasteiger partial charge in [0.1, 0.15) is 11.6 Å². The Hall–Kier alpha value is -2.46. The van der Waals surface area contributed by atoms with Crippen molar-refractivity contribution in [1.82, 2.24) is 10.2 Å². The number of carbonyl (C=O) groups excluding carboxylic acids is 3. The molecular weight excluding hydrogens is 574 g/mol. The average Bonchev–Trinajstić information content (AvgIpc) is 3.50. The third kappa shape index (κ3) is 4.33. The number of alkyl halides is 1. The molecule has 2 bridgehead atoms. The van der Waals surface area contributed by atoms with Crippen molar-refractivity contribution in [2.45, 2.75) is 61.8 Å². The number of aliphatic hydroxyl groups is 1. The summed E-state index contributed by atoms with van der Waals surface area (Å²) in [6.07, 6.45) is 0.258. The minimum Gasteiger partial charge on any atom is -0.394 e. The third-order valence-electron chi connectivity index (χ3n) is 8.13. The summed E-state index contributed by atoms with van der Waals surface area (Å²) in [6, 6.07) is 13.2. The van der Waals surface area contributed by atoms with Crippen LogP contribution in [0.25, 0.3) is 0 Å². The zero-order valence-electron chi connectivity index (χ0n) is 21.2. The van der Waals surface area contributed by atoms with E-state index in [9.17, 15) is 19.5 Å². The van der Waals surface area contributed by atoms with Gasteiger partial charge in [-0.25, -0.2) is 0 Å². The Morgan fingerprint density at radius 2 is 1.95 bits per heavy atom. The number of rotatable bonds is 8. The van der Waals surface area contributed by atoms with E-state index >= 15 is 0 Å². The van der Waals surface area contributed by atoms with Gasteiger partial charge in [0.15, 0.2) is 0 Å². The molecule has 3 N–H and O–H groups in total. The maximum Gasteiger partial charge on any atom is 0.250 e. The number of amides is 3. The zero-order valence-corrected chi connectivity index (χ0v) is 23.5. The maximum absolute atomic E-state index is 14.1. The molecule has 3 amide bonds. The average molecular weight is 605 g/mol. The standard InChI is InChI=1S/C28H31BrClN3O5/c1-3-17(14-34)33-24(26(36)32-22-15(2)8-7-11-19(22)30)28-12-18(29)23(38-28)20(21(28)27(33)37)25(35)31-13-16-9-5-4-6-10-16/h4-11,17-18,20-21,23-24,34H,3,12-14H2,1-2H3,(H,31,35)(H,32,36)/t17-,18?,20+,21-,23+,24?,28?/m0/s1. The summed E-state index contributed by atoms with van der Waals surface area (Å²) in [5, 5.41) is 16.5. The van der Waals surface area contributed by atoms with Crippen LogP contribution < -0.4 is 10.6 Å². The summed E-state index contributed by atoms with van der Waals surface area (Å²) in [5.41, 5.74) is 0.960. The number of anilines is 1. The molecule has 7 atom stereocenters. The van der Waals surface area contributed by atoms with Crippen LogP contribution in [0.5, 0.6) is 0 Å². The smallest absolute Gasteiger partial charge is 0.250 e. The lowest BCUT2D eigenvalue weighted by Crippen LogP contribution is -2.56. The van der Waals surface area contributed by atoms with Crippen molar-refractivity contribution < 1.29 is 24.2 Å². The maximum atomic E-state index is 14.1. The Labute approximate surface area is 235 Å². The fourth-order valence-electron chi connectivity index (χ4n) is 6.36. The highest BCUT2D eigenvalue weighted by atomic mass is 79.9. The molecule has 0 aromatic heterocycles. The van der Waals surface area contributed by atoms with E-state index in [2.05, 4.69) is 26.6 Å². The number of carbonyl (C=O) groups is 3. The molecule has 2 aromatic carbocycles. The number of hydrogen-bond donors (Lipinski definition) is 3. The Kier molecular flexibility index (Phi) is 7.57. The largest absolute Gasteiger partial charge is 0.394 e. The molecule has 3 aliphatic heterocycles. The van der Waals surface area contributed by atoms with Gasteiger partial charge in [-0.05, 0) is 37.0 Å². The number of fused-ring (bicyclic) bond motifs is 1. The van der Waals surface area contributed by atoms with Crippen molar-refractivity contribution in [3.8, 4) is 0 Å². The Morgan fingerprint density at radius 3 is 2.61 bits per heavy atom. The molecule has 3 heterocycles. The lowest BCUT2D eigenvalue weighted by molar-refractivity contribution is -0.144. The van der Waals surface area contributed by atoms with Crippen molar-refractivity contribution in [1.29, 1.82) is 0 Å². The fourth-order valence-corrected chi connectivity index (χ4v) is 7.57. The first-order valence-corrected chi connectivity index (χ1v) is 14.1. The van der Waals surface area contributed by atoms with Crippen LogP contribution in [0, 0.1) is 18.8 Å². The van der Waals surface area contributed by atoms with Crippen LogP contribution in [0.4, 0.5) is 5.69 Å². The van der Waals surface area contributed by atoms with Crippen LogP contribution in [0.2, 0.25) is 5.02 Å². The van der Waals surface area contributed by atoms with Gasteiger partial charge >= 0.3 is 0 Å². The molecule has 3 fully saturated rings. The molecule has 0 saturated carbocycles. The molecule has 0 radical (unpaired) electrons. The highest BCUT2D eigenvalue weighted by Crippen LogP contribution is 2.60. The summed E-state index contributed by atoms with van der Waals surface area (Å²) in [7, 11) is 0. The van der Waals surface area contributed by atoms with Gasteiger partial charge in [0, 0.05) is 11.4 Å². The zero-order chi connectivity index (χ0) is 27.2. The normalized spacial score (nSPS) is 30.3. The molecule has 2 aromatic rings. The Balaban J connectivity index is 1.50. The number of nitrogens with zero attached hydrogens (tertiary/aromatic N) is 1. The summed E-state index contributed by atoms with van der Waals surface area (Å²) in [6.45, 7) is 3.69. The van der Waals surface area contributed by atoms with Crippen LogP contribution in [0.1, 0.15) is 30.9 Å².